The van der Waals surface area contributed by atoms with Crippen LogP contribution in [0.25, 0.3) is 0 Å². The fourth-order valence-electron chi connectivity index (χ4n) is 1.77. The number of anilines is 1. The predicted octanol–water partition coefficient (Wildman–Crippen LogP) is 0.462. The van der Waals surface area contributed by atoms with Gasteiger partial charge in [-0.2, -0.15) is 5.10 Å². The van der Waals surface area contributed by atoms with Gasteiger partial charge in [0.1, 0.15) is 0 Å². The number of methoxy groups -OCH3 is 1. The molecule has 1 aromatic rings. The Hall–Kier alpha value is -1.60. The van der Waals surface area contributed by atoms with Crippen molar-refractivity contribution in [3.8, 4) is 0 Å². The maximum Gasteiger partial charge on any atom is 0.274 e. The molecule has 7 nitrogen and oxygen atoms in total. The minimum Gasteiger partial charge on any atom is -0.395 e. The quantitative estimate of drug-likeness (QED) is 0.554. The van der Waals surface area contributed by atoms with Gasteiger partial charge in [0, 0.05) is 26.7 Å². The van der Waals surface area contributed by atoms with E-state index in [0.29, 0.717) is 18.7 Å². The van der Waals surface area contributed by atoms with Crippen molar-refractivity contribution in [3.05, 3.63) is 11.4 Å². The molecule has 0 bridgehead atoms. The number of nitrogens with one attached hydrogen (secondary N) is 2. The Morgan fingerprint density at radius 1 is 1.60 bits per heavy atom. The van der Waals surface area contributed by atoms with Crippen LogP contribution in [0.3, 0.4) is 0 Å². The Morgan fingerprint density at radius 3 is 2.90 bits per heavy atom. The molecule has 0 spiro atoms. The highest BCUT2D eigenvalue weighted by Crippen LogP contribution is 2.16. The van der Waals surface area contributed by atoms with E-state index >= 15 is 0 Å². The lowest BCUT2D eigenvalue weighted by molar-refractivity contribution is 0.0243. The lowest BCUT2D eigenvalue weighted by Gasteiger charge is -2.22. The highest BCUT2D eigenvalue weighted by Gasteiger charge is 2.23. The number of hydrogen-bond donors (Lipinski definition) is 4. The molecule has 114 valence electrons. The second-order valence-electron chi connectivity index (χ2n) is 5.14. The monoisotopic (exact) mass is 284 g/mol. The average molecular weight is 284 g/mol. The Bertz CT molecular complexity index is 443. The van der Waals surface area contributed by atoms with E-state index in [1.54, 1.807) is 14.0 Å². The summed E-state index contributed by atoms with van der Waals surface area (Å²) >= 11 is 0. The molecule has 0 radical (unpaired) electrons. The van der Waals surface area contributed by atoms with Crippen LogP contribution in [-0.4, -0.2) is 47.1 Å². The van der Waals surface area contributed by atoms with Crippen LogP contribution in [0.5, 0.6) is 0 Å². The molecule has 1 unspecified atom stereocenters. The number of rotatable bonds is 8. The smallest absolute Gasteiger partial charge is 0.274 e. The molecule has 5 N–H and O–H groups in total. The molecule has 0 fully saturated rings. The molecule has 0 aromatic carbocycles. The molecule has 1 aromatic heterocycles. The molecule has 1 atom stereocenters. The van der Waals surface area contributed by atoms with E-state index in [-0.39, 0.29) is 12.2 Å². The standard InChI is InChI=1S/C13H24N4O3/c1-4-5-9-10(14)11(17-16-9)12(18)15-8-13(2,19)6-7-20-3/h19H,4-8,14H2,1-3H3,(H,15,18)(H,16,17). The summed E-state index contributed by atoms with van der Waals surface area (Å²) < 4.78 is 4.91. The van der Waals surface area contributed by atoms with Gasteiger partial charge >= 0.3 is 0 Å². The zero-order valence-electron chi connectivity index (χ0n) is 12.3. The second-order valence-corrected chi connectivity index (χ2v) is 5.14. The zero-order chi connectivity index (χ0) is 15.2. The van der Waals surface area contributed by atoms with Crippen LogP contribution in [0.15, 0.2) is 0 Å². The highest BCUT2D eigenvalue weighted by atomic mass is 16.5. The van der Waals surface area contributed by atoms with Crippen molar-refractivity contribution in [1.29, 1.82) is 0 Å². The third-order valence-electron chi connectivity index (χ3n) is 3.07. The molecule has 0 aliphatic heterocycles. The van der Waals surface area contributed by atoms with Crippen molar-refractivity contribution in [2.24, 2.45) is 0 Å². The van der Waals surface area contributed by atoms with Gasteiger partial charge in [0.25, 0.3) is 5.91 Å². The van der Waals surface area contributed by atoms with Crippen molar-refractivity contribution in [2.45, 2.75) is 38.7 Å². The summed E-state index contributed by atoms with van der Waals surface area (Å²) in [6.45, 7) is 4.20. The lowest BCUT2D eigenvalue weighted by Crippen LogP contribution is -2.41. The van der Waals surface area contributed by atoms with Crippen LogP contribution in [0.2, 0.25) is 0 Å². The first-order valence-electron chi connectivity index (χ1n) is 6.73. The summed E-state index contributed by atoms with van der Waals surface area (Å²) in [5.41, 5.74) is 6.17. The highest BCUT2D eigenvalue weighted by molar-refractivity contribution is 5.97. The molecule has 0 aliphatic carbocycles. The average Bonchev–Trinajstić information content (AvgIpc) is 2.76. The van der Waals surface area contributed by atoms with E-state index in [1.807, 2.05) is 6.92 Å². The Kier molecular flexibility index (Phi) is 5.97. The predicted molar refractivity (Wildman–Crippen MR) is 76.4 cm³/mol. The summed E-state index contributed by atoms with van der Waals surface area (Å²) in [7, 11) is 1.56. The normalized spacial score (nSPS) is 14.0. The van der Waals surface area contributed by atoms with Gasteiger partial charge in [-0.15, -0.1) is 0 Å². The van der Waals surface area contributed by atoms with E-state index in [0.717, 1.165) is 18.5 Å². The van der Waals surface area contributed by atoms with Crippen molar-refractivity contribution in [3.63, 3.8) is 0 Å². The number of aliphatic hydroxyl groups is 1. The maximum absolute atomic E-state index is 12.0. The van der Waals surface area contributed by atoms with Gasteiger partial charge in [-0.3, -0.25) is 9.89 Å². The first kappa shape index (κ1) is 16.5. The number of amides is 1. The minimum absolute atomic E-state index is 0.116. The first-order valence-corrected chi connectivity index (χ1v) is 6.73. The summed E-state index contributed by atoms with van der Waals surface area (Å²) in [5.74, 6) is -0.390. The fraction of sp³-hybridized carbons (Fsp3) is 0.692. The summed E-state index contributed by atoms with van der Waals surface area (Å²) in [6.07, 6.45) is 2.10. The number of H-pyrrole nitrogens is 1. The molecule has 1 heterocycles. The number of nitrogen functional groups attached to an aromatic ring is 1. The van der Waals surface area contributed by atoms with E-state index in [2.05, 4.69) is 15.5 Å². The van der Waals surface area contributed by atoms with E-state index in [4.69, 9.17) is 10.5 Å². The van der Waals surface area contributed by atoms with Crippen LogP contribution in [-0.2, 0) is 11.2 Å². The largest absolute Gasteiger partial charge is 0.395 e. The minimum atomic E-state index is -1.02. The molecule has 1 rings (SSSR count). The van der Waals surface area contributed by atoms with Gasteiger partial charge in [0.2, 0.25) is 0 Å². The van der Waals surface area contributed by atoms with E-state index in [1.165, 1.54) is 0 Å². The second kappa shape index (κ2) is 7.25. The van der Waals surface area contributed by atoms with Crippen molar-refractivity contribution < 1.29 is 14.6 Å². The number of carbonyl (C=O) groups excluding carboxylic acids is 1. The molecule has 0 saturated heterocycles. The molecule has 0 aliphatic rings. The van der Waals surface area contributed by atoms with E-state index < -0.39 is 11.5 Å². The van der Waals surface area contributed by atoms with Gasteiger partial charge in [0.05, 0.1) is 17.0 Å². The number of aromatic nitrogens is 2. The molecule has 20 heavy (non-hydrogen) atoms. The molecular formula is C13H24N4O3. The number of hydrogen-bond acceptors (Lipinski definition) is 5. The number of aromatic amines is 1. The Labute approximate surface area is 118 Å². The molecular weight excluding hydrogens is 260 g/mol. The number of nitrogens with zero attached hydrogens (tertiary/aromatic N) is 1. The Morgan fingerprint density at radius 2 is 2.30 bits per heavy atom. The van der Waals surface area contributed by atoms with Crippen molar-refractivity contribution in [1.82, 2.24) is 15.5 Å². The summed E-state index contributed by atoms with van der Waals surface area (Å²) in [4.78, 5) is 12.0. The maximum atomic E-state index is 12.0. The summed E-state index contributed by atoms with van der Waals surface area (Å²) in [6, 6.07) is 0. The SMILES string of the molecule is CCCc1[nH]nc(C(=O)NCC(C)(O)CCOC)c1N. The number of carbonyl (C=O) groups is 1. The number of nitrogens with two attached hydrogens (primary N) is 1. The van der Waals surface area contributed by atoms with E-state index in [9.17, 15) is 9.90 Å². The van der Waals surface area contributed by atoms with Gasteiger partial charge in [0.15, 0.2) is 5.69 Å². The molecule has 1 amide bonds. The Balaban J connectivity index is 2.59. The number of ether oxygens (including phenoxy) is 1. The van der Waals surface area contributed by atoms with Crippen LogP contribution in [0.1, 0.15) is 42.9 Å². The lowest BCUT2D eigenvalue weighted by atomic mass is 10.0. The van der Waals surface area contributed by atoms with Crippen LogP contribution in [0, 0.1) is 0 Å². The van der Waals surface area contributed by atoms with Gasteiger partial charge in [-0.25, -0.2) is 0 Å². The summed E-state index contributed by atoms with van der Waals surface area (Å²) in [5, 5.41) is 19.4. The third kappa shape index (κ3) is 4.50. The first-order chi connectivity index (χ1) is 9.41. The van der Waals surface area contributed by atoms with Crippen LogP contribution >= 0.6 is 0 Å². The molecule has 7 heteroatoms. The van der Waals surface area contributed by atoms with Crippen molar-refractivity contribution in [2.75, 3.05) is 26.0 Å². The van der Waals surface area contributed by atoms with Gasteiger partial charge < -0.3 is 20.9 Å². The van der Waals surface area contributed by atoms with Crippen molar-refractivity contribution >= 4 is 11.6 Å². The topological polar surface area (TPSA) is 113 Å². The fourth-order valence-corrected chi connectivity index (χ4v) is 1.77. The van der Waals surface area contributed by atoms with Crippen LogP contribution in [0.4, 0.5) is 5.69 Å². The van der Waals surface area contributed by atoms with Gasteiger partial charge in [-0.1, -0.05) is 13.3 Å². The molecule has 0 saturated carbocycles. The zero-order valence-corrected chi connectivity index (χ0v) is 12.3. The van der Waals surface area contributed by atoms with Gasteiger partial charge in [-0.05, 0) is 13.3 Å². The number of aryl methyl sites for hydroxylation is 1. The third-order valence-corrected chi connectivity index (χ3v) is 3.07. The van der Waals surface area contributed by atoms with Crippen LogP contribution < -0.4 is 11.1 Å².